The summed E-state index contributed by atoms with van der Waals surface area (Å²) in [7, 11) is 0. The van der Waals surface area contributed by atoms with Crippen LogP contribution >= 0.6 is 11.6 Å². The number of ether oxygens (including phenoxy) is 2. The smallest absolute Gasteiger partial charge is 0.217 e. The molecule has 0 amide bonds. The highest BCUT2D eigenvalue weighted by atomic mass is 35.5. The van der Waals surface area contributed by atoms with Crippen LogP contribution in [-0.4, -0.2) is 16.7 Å². The second-order valence-corrected chi connectivity index (χ2v) is 5.39. The summed E-state index contributed by atoms with van der Waals surface area (Å²) in [5.74, 6) is 1.21. The minimum Gasteiger partial charge on any atom is -0.489 e. The lowest BCUT2D eigenvalue weighted by Gasteiger charge is -2.20. The second-order valence-electron chi connectivity index (χ2n) is 4.98. The average Bonchev–Trinajstić information content (AvgIpc) is 2.92. The van der Waals surface area contributed by atoms with Crippen molar-refractivity contribution in [1.29, 1.82) is 0 Å². The first-order chi connectivity index (χ1) is 7.44. The van der Waals surface area contributed by atoms with Crippen molar-refractivity contribution in [3.63, 3.8) is 0 Å². The lowest BCUT2D eigenvalue weighted by atomic mass is 10.2. The third kappa shape index (κ3) is 3.27. The molecule has 0 aromatic carbocycles. The van der Waals surface area contributed by atoms with Crippen molar-refractivity contribution in [1.82, 2.24) is 4.98 Å². The van der Waals surface area contributed by atoms with Crippen LogP contribution in [-0.2, 0) is 0 Å². The summed E-state index contributed by atoms with van der Waals surface area (Å²) >= 11 is 6.00. The highest BCUT2D eigenvalue weighted by molar-refractivity contribution is 6.31. The minimum absolute atomic E-state index is 0.266. The summed E-state index contributed by atoms with van der Waals surface area (Å²) in [4.78, 5) is 4.12. The Morgan fingerprint density at radius 1 is 1.38 bits per heavy atom. The number of hydrogen-bond acceptors (Lipinski definition) is 3. The molecule has 1 aliphatic rings. The number of rotatable bonds is 3. The van der Waals surface area contributed by atoms with E-state index in [-0.39, 0.29) is 5.60 Å². The van der Waals surface area contributed by atoms with Gasteiger partial charge in [-0.3, -0.25) is 0 Å². The molecule has 1 aromatic rings. The van der Waals surface area contributed by atoms with Crippen molar-refractivity contribution < 1.29 is 9.47 Å². The topological polar surface area (TPSA) is 31.4 Å². The summed E-state index contributed by atoms with van der Waals surface area (Å²) in [5, 5.41) is 0.535. The zero-order valence-corrected chi connectivity index (χ0v) is 10.5. The largest absolute Gasteiger partial charge is 0.489 e. The van der Waals surface area contributed by atoms with Crippen LogP contribution < -0.4 is 9.47 Å². The van der Waals surface area contributed by atoms with Gasteiger partial charge < -0.3 is 9.47 Å². The van der Waals surface area contributed by atoms with E-state index in [4.69, 9.17) is 21.1 Å². The van der Waals surface area contributed by atoms with Gasteiger partial charge in [-0.05, 0) is 33.6 Å². The van der Waals surface area contributed by atoms with Crippen molar-refractivity contribution in [3.8, 4) is 11.6 Å². The van der Waals surface area contributed by atoms with Crippen LogP contribution in [0.1, 0.15) is 33.6 Å². The Morgan fingerprint density at radius 2 is 2.06 bits per heavy atom. The number of hydrogen-bond donors (Lipinski definition) is 0. The van der Waals surface area contributed by atoms with Gasteiger partial charge in [0.2, 0.25) is 5.88 Å². The summed E-state index contributed by atoms with van der Waals surface area (Å²) in [6, 6.07) is 1.76. The van der Waals surface area contributed by atoms with Crippen molar-refractivity contribution in [2.75, 3.05) is 0 Å². The molecular weight excluding hydrogens is 226 g/mol. The van der Waals surface area contributed by atoms with Crippen molar-refractivity contribution in [2.45, 2.75) is 45.3 Å². The van der Waals surface area contributed by atoms with Gasteiger partial charge in [-0.15, -0.1) is 0 Å². The lowest BCUT2D eigenvalue weighted by Crippen LogP contribution is -2.23. The Hall–Kier alpha value is -0.960. The molecule has 0 saturated heterocycles. The van der Waals surface area contributed by atoms with Crippen LogP contribution in [0.5, 0.6) is 11.6 Å². The Bertz CT molecular complexity index is 383. The maximum absolute atomic E-state index is 6.00. The van der Waals surface area contributed by atoms with Gasteiger partial charge in [0.15, 0.2) is 0 Å². The number of nitrogens with zero attached hydrogens (tertiary/aromatic N) is 1. The molecule has 0 unspecified atom stereocenters. The fourth-order valence-corrected chi connectivity index (χ4v) is 1.38. The molecule has 4 heteroatoms. The van der Waals surface area contributed by atoms with Crippen molar-refractivity contribution in [3.05, 3.63) is 17.3 Å². The highest BCUT2D eigenvalue weighted by Gasteiger charge is 2.25. The second kappa shape index (κ2) is 4.13. The van der Waals surface area contributed by atoms with E-state index in [9.17, 15) is 0 Å². The van der Waals surface area contributed by atoms with Crippen LogP contribution in [0, 0.1) is 0 Å². The van der Waals surface area contributed by atoms with E-state index < -0.39 is 0 Å². The van der Waals surface area contributed by atoms with Gasteiger partial charge in [-0.25, -0.2) is 4.98 Å². The van der Waals surface area contributed by atoms with Gasteiger partial charge in [0.05, 0.1) is 12.3 Å². The van der Waals surface area contributed by atoms with Gasteiger partial charge in [0.25, 0.3) is 0 Å². The van der Waals surface area contributed by atoms with E-state index in [2.05, 4.69) is 4.98 Å². The van der Waals surface area contributed by atoms with E-state index in [1.807, 2.05) is 20.8 Å². The standard InChI is InChI=1S/C12H16ClNO2/c1-12(2,3)16-11-6-10(9(13)7-14-11)15-8-4-5-8/h6-8H,4-5H2,1-3H3. The van der Waals surface area contributed by atoms with E-state index in [1.54, 1.807) is 12.3 Å². The monoisotopic (exact) mass is 241 g/mol. The molecule has 1 heterocycles. The third-order valence-corrected chi connectivity index (χ3v) is 2.31. The first-order valence-corrected chi connectivity index (χ1v) is 5.83. The number of aromatic nitrogens is 1. The zero-order valence-electron chi connectivity index (χ0n) is 9.79. The minimum atomic E-state index is -0.266. The zero-order chi connectivity index (χ0) is 11.8. The number of pyridine rings is 1. The molecule has 0 bridgehead atoms. The maximum atomic E-state index is 6.00. The van der Waals surface area contributed by atoms with Crippen molar-refractivity contribution in [2.24, 2.45) is 0 Å². The molecule has 0 N–H and O–H groups in total. The Labute approximate surface area is 101 Å². The summed E-state index contributed by atoms with van der Waals surface area (Å²) in [5.41, 5.74) is -0.266. The van der Waals surface area contributed by atoms with Crippen LogP contribution in [0.4, 0.5) is 0 Å². The molecule has 3 nitrogen and oxygen atoms in total. The molecule has 1 aliphatic carbocycles. The van der Waals surface area contributed by atoms with E-state index in [0.29, 0.717) is 22.8 Å². The van der Waals surface area contributed by atoms with Gasteiger partial charge in [0.1, 0.15) is 16.4 Å². The fraction of sp³-hybridized carbons (Fsp3) is 0.583. The maximum Gasteiger partial charge on any atom is 0.217 e. The summed E-state index contributed by atoms with van der Waals surface area (Å²) in [6.45, 7) is 5.93. The molecule has 0 aliphatic heterocycles. The first kappa shape index (κ1) is 11.5. The van der Waals surface area contributed by atoms with E-state index in [0.717, 1.165) is 12.8 Å². The van der Waals surface area contributed by atoms with Gasteiger partial charge in [0, 0.05) is 6.07 Å². The molecule has 1 fully saturated rings. The van der Waals surface area contributed by atoms with Crippen LogP contribution in [0.25, 0.3) is 0 Å². The fourth-order valence-electron chi connectivity index (χ4n) is 1.23. The average molecular weight is 242 g/mol. The van der Waals surface area contributed by atoms with E-state index >= 15 is 0 Å². The van der Waals surface area contributed by atoms with Gasteiger partial charge in [-0.1, -0.05) is 11.6 Å². The molecular formula is C12H16ClNO2. The Morgan fingerprint density at radius 3 is 2.62 bits per heavy atom. The first-order valence-electron chi connectivity index (χ1n) is 5.45. The quantitative estimate of drug-likeness (QED) is 0.812. The molecule has 0 atom stereocenters. The lowest BCUT2D eigenvalue weighted by molar-refractivity contribution is 0.123. The van der Waals surface area contributed by atoms with Crippen LogP contribution in [0.3, 0.4) is 0 Å². The van der Waals surface area contributed by atoms with Crippen LogP contribution in [0.15, 0.2) is 12.3 Å². The van der Waals surface area contributed by atoms with Gasteiger partial charge in [-0.2, -0.15) is 0 Å². The van der Waals surface area contributed by atoms with Gasteiger partial charge >= 0.3 is 0 Å². The molecule has 16 heavy (non-hydrogen) atoms. The van der Waals surface area contributed by atoms with E-state index in [1.165, 1.54) is 0 Å². The van der Waals surface area contributed by atoms with Crippen LogP contribution in [0.2, 0.25) is 5.02 Å². The third-order valence-electron chi connectivity index (χ3n) is 2.02. The molecule has 88 valence electrons. The molecule has 0 radical (unpaired) electrons. The summed E-state index contributed by atoms with van der Waals surface area (Å²) in [6.07, 6.45) is 4.10. The molecule has 0 spiro atoms. The Kier molecular flexibility index (Phi) is 2.98. The highest BCUT2D eigenvalue weighted by Crippen LogP contribution is 2.33. The molecule has 1 aromatic heterocycles. The SMILES string of the molecule is CC(C)(C)Oc1cc(OC2CC2)c(Cl)cn1. The normalized spacial score (nSPS) is 16.0. The number of halogens is 1. The molecule has 2 rings (SSSR count). The predicted octanol–water partition coefficient (Wildman–Crippen LogP) is 3.45. The van der Waals surface area contributed by atoms with Crippen molar-refractivity contribution >= 4 is 11.6 Å². The molecule has 1 saturated carbocycles. The summed E-state index contributed by atoms with van der Waals surface area (Å²) < 4.78 is 11.3. The predicted molar refractivity (Wildman–Crippen MR) is 63.3 cm³/mol. The Balaban J connectivity index is 2.14.